The summed E-state index contributed by atoms with van der Waals surface area (Å²) in [5, 5.41) is 3.91. The number of carbonyl (C=O) groups is 1. The molecule has 24 heavy (non-hydrogen) atoms. The van der Waals surface area contributed by atoms with Crippen LogP contribution in [0.3, 0.4) is 0 Å². The third kappa shape index (κ3) is 3.88. The average molecular weight is 366 g/mol. The number of anilines is 2. The smallest absolute Gasteiger partial charge is 0.321 e. The molecule has 3 heterocycles. The molecule has 1 aliphatic rings. The molecule has 0 aliphatic carbocycles. The van der Waals surface area contributed by atoms with Crippen molar-refractivity contribution in [3.63, 3.8) is 0 Å². The molecule has 1 N–H and O–H groups in total. The molecule has 3 rings (SSSR count). The van der Waals surface area contributed by atoms with Crippen molar-refractivity contribution in [2.75, 3.05) is 36.4 Å². The maximum Gasteiger partial charge on any atom is 0.321 e. The Morgan fingerprint density at radius 1 is 1.04 bits per heavy atom. The zero-order chi connectivity index (χ0) is 16.9. The first-order chi connectivity index (χ1) is 11.6. The Balaban J connectivity index is 1.66. The normalized spacial score (nSPS) is 15.1. The molecule has 0 aromatic carbocycles. The molecule has 0 radical (unpaired) electrons. The third-order valence-electron chi connectivity index (χ3n) is 3.84. The quantitative estimate of drug-likeness (QED) is 0.883. The molecule has 2 aromatic heterocycles. The molecule has 1 aliphatic heterocycles. The third-order valence-corrected chi connectivity index (χ3v) is 4.39. The molecule has 2 amide bonds. The van der Waals surface area contributed by atoms with Crippen molar-refractivity contribution >= 4 is 40.6 Å². The topological polar surface area (TPSA) is 61.4 Å². The molecule has 0 spiro atoms. The number of hydrogen-bond donors (Lipinski definition) is 1. The second-order valence-electron chi connectivity index (χ2n) is 5.45. The van der Waals surface area contributed by atoms with Gasteiger partial charge in [-0.25, -0.2) is 4.79 Å². The van der Waals surface area contributed by atoms with Crippen molar-refractivity contribution in [2.24, 2.45) is 0 Å². The van der Waals surface area contributed by atoms with Gasteiger partial charge >= 0.3 is 6.03 Å². The van der Waals surface area contributed by atoms with Gasteiger partial charge in [-0.2, -0.15) is 0 Å². The molecule has 0 bridgehead atoms. The Morgan fingerprint density at radius 3 is 2.54 bits per heavy atom. The Hall–Kier alpha value is -2.05. The van der Waals surface area contributed by atoms with E-state index in [0.717, 1.165) is 18.7 Å². The standard InChI is InChI=1S/C16H17Cl2N5O/c17-13-10-20-11-14(18)15(13)22-5-2-6-23(8-7-22)16(24)21-12-3-1-4-19-9-12/h1,3-4,9-11H,2,5-8H2,(H,21,24). The van der Waals surface area contributed by atoms with Crippen LogP contribution in [0.5, 0.6) is 0 Å². The van der Waals surface area contributed by atoms with E-state index in [2.05, 4.69) is 20.2 Å². The van der Waals surface area contributed by atoms with E-state index in [1.165, 1.54) is 0 Å². The fraction of sp³-hybridized carbons (Fsp3) is 0.312. The summed E-state index contributed by atoms with van der Waals surface area (Å²) in [6.07, 6.45) is 7.29. The average Bonchev–Trinajstić information content (AvgIpc) is 2.82. The zero-order valence-corrected chi connectivity index (χ0v) is 14.5. The summed E-state index contributed by atoms with van der Waals surface area (Å²) in [5.41, 5.74) is 1.46. The molecule has 0 atom stereocenters. The van der Waals surface area contributed by atoms with E-state index in [0.29, 0.717) is 35.4 Å². The summed E-state index contributed by atoms with van der Waals surface area (Å²) in [4.78, 5) is 24.3. The molecule has 6 nitrogen and oxygen atoms in total. The van der Waals surface area contributed by atoms with Gasteiger partial charge in [0.25, 0.3) is 0 Å². The minimum atomic E-state index is -0.128. The lowest BCUT2D eigenvalue weighted by Crippen LogP contribution is -2.38. The number of rotatable bonds is 2. The summed E-state index contributed by atoms with van der Waals surface area (Å²) in [7, 11) is 0. The number of pyridine rings is 2. The van der Waals surface area contributed by atoms with Crippen molar-refractivity contribution in [1.82, 2.24) is 14.9 Å². The van der Waals surface area contributed by atoms with Gasteiger partial charge in [-0.3, -0.25) is 9.97 Å². The van der Waals surface area contributed by atoms with Gasteiger partial charge in [0.15, 0.2) is 0 Å². The summed E-state index contributed by atoms with van der Waals surface area (Å²) >= 11 is 12.5. The van der Waals surface area contributed by atoms with Crippen molar-refractivity contribution in [3.05, 3.63) is 47.0 Å². The van der Waals surface area contributed by atoms with Gasteiger partial charge in [0.1, 0.15) is 0 Å². The SMILES string of the molecule is O=C(Nc1cccnc1)N1CCCN(c2c(Cl)cncc2Cl)CC1. The van der Waals surface area contributed by atoms with Crippen molar-refractivity contribution in [3.8, 4) is 0 Å². The Morgan fingerprint density at radius 2 is 1.83 bits per heavy atom. The minimum Gasteiger partial charge on any atom is -0.367 e. The maximum absolute atomic E-state index is 12.4. The van der Waals surface area contributed by atoms with E-state index < -0.39 is 0 Å². The number of halogens is 2. The van der Waals surface area contributed by atoms with E-state index >= 15 is 0 Å². The molecule has 8 heteroatoms. The first-order valence-electron chi connectivity index (χ1n) is 7.65. The Labute approximate surface area is 150 Å². The largest absolute Gasteiger partial charge is 0.367 e. The van der Waals surface area contributed by atoms with Crippen LogP contribution in [0.4, 0.5) is 16.2 Å². The lowest BCUT2D eigenvalue weighted by molar-refractivity contribution is 0.215. The molecule has 2 aromatic rings. The second-order valence-corrected chi connectivity index (χ2v) is 6.27. The van der Waals surface area contributed by atoms with Crippen LogP contribution in [0.1, 0.15) is 6.42 Å². The number of nitrogens with one attached hydrogen (secondary N) is 1. The molecule has 126 valence electrons. The monoisotopic (exact) mass is 365 g/mol. The van der Waals surface area contributed by atoms with E-state index in [9.17, 15) is 4.79 Å². The molecule has 1 fully saturated rings. The van der Waals surface area contributed by atoms with Gasteiger partial charge in [-0.1, -0.05) is 23.2 Å². The number of hydrogen-bond acceptors (Lipinski definition) is 4. The molecular formula is C16H17Cl2N5O. The van der Waals surface area contributed by atoms with Gasteiger partial charge in [0, 0.05) is 44.8 Å². The first kappa shape index (κ1) is 16.8. The Kier molecular flexibility index (Phi) is 5.37. The molecular weight excluding hydrogens is 349 g/mol. The first-order valence-corrected chi connectivity index (χ1v) is 8.40. The summed E-state index contributed by atoms with van der Waals surface area (Å²) < 4.78 is 0. The highest BCUT2D eigenvalue weighted by Gasteiger charge is 2.22. The lowest BCUT2D eigenvalue weighted by atomic mass is 10.3. The van der Waals surface area contributed by atoms with Gasteiger partial charge in [-0.05, 0) is 18.6 Å². The summed E-state index contributed by atoms with van der Waals surface area (Å²) in [6, 6.07) is 3.47. The maximum atomic E-state index is 12.4. The predicted molar refractivity (Wildman–Crippen MR) is 95.9 cm³/mol. The highest BCUT2D eigenvalue weighted by molar-refractivity contribution is 6.38. The van der Waals surface area contributed by atoms with Gasteiger partial charge in [-0.15, -0.1) is 0 Å². The second kappa shape index (κ2) is 7.68. The highest BCUT2D eigenvalue weighted by atomic mass is 35.5. The predicted octanol–water partition coefficient (Wildman–Crippen LogP) is 3.53. The van der Waals surface area contributed by atoms with Crippen molar-refractivity contribution in [1.29, 1.82) is 0 Å². The summed E-state index contributed by atoms with van der Waals surface area (Å²) in [6.45, 7) is 2.69. The number of urea groups is 1. The van der Waals surface area contributed by atoms with Crippen LogP contribution in [0, 0.1) is 0 Å². The van der Waals surface area contributed by atoms with Crippen LogP contribution in [-0.2, 0) is 0 Å². The van der Waals surface area contributed by atoms with Crippen LogP contribution in [0.15, 0.2) is 36.9 Å². The zero-order valence-electron chi connectivity index (χ0n) is 13.0. The highest BCUT2D eigenvalue weighted by Crippen LogP contribution is 2.33. The molecule has 0 unspecified atom stereocenters. The van der Waals surface area contributed by atoms with Crippen LogP contribution < -0.4 is 10.2 Å². The van der Waals surface area contributed by atoms with Gasteiger partial charge in [0.2, 0.25) is 0 Å². The van der Waals surface area contributed by atoms with Crippen LogP contribution in [0.2, 0.25) is 10.0 Å². The van der Waals surface area contributed by atoms with Crippen LogP contribution >= 0.6 is 23.2 Å². The lowest BCUT2D eigenvalue weighted by Gasteiger charge is -2.25. The Bertz CT molecular complexity index is 693. The van der Waals surface area contributed by atoms with E-state index in [1.54, 1.807) is 35.8 Å². The van der Waals surface area contributed by atoms with Gasteiger partial charge < -0.3 is 15.1 Å². The van der Waals surface area contributed by atoms with Crippen molar-refractivity contribution in [2.45, 2.75) is 6.42 Å². The number of aromatic nitrogens is 2. The molecule has 1 saturated heterocycles. The van der Waals surface area contributed by atoms with E-state index in [1.807, 2.05) is 6.07 Å². The van der Waals surface area contributed by atoms with Crippen molar-refractivity contribution < 1.29 is 4.79 Å². The van der Waals surface area contributed by atoms with E-state index in [-0.39, 0.29) is 6.03 Å². The summed E-state index contributed by atoms with van der Waals surface area (Å²) in [5.74, 6) is 0. The number of amides is 2. The minimum absolute atomic E-state index is 0.128. The number of nitrogens with zero attached hydrogens (tertiary/aromatic N) is 4. The van der Waals surface area contributed by atoms with Gasteiger partial charge in [0.05, 0.1) is 27.6 Å². The van der Waals surface area contributed by atoms with E-state index in [4.69, 9.17) is 23.2 Å². The number of carbonyl (C=O) groups excluding carboxylic acids is 1. The van der Waals surface area contributed by atoms with Crippen LogP contribution in [-0.4, -0.2) is 47.1 Å². The fourth-order valence-electron chi connectivity index (χ4n) is 2.69. The molecule has 0 saturated carbocycles. The van der Waals surface area contributed by atoms with Crippen LogP contribution in [0.25, 0.3) is 0 Å². The fourth-order valence-corrected chi connectivity index (χ4v) is 3.29.